The molecule has 1 N–H and O–H groups in total. The molecule has 0 aliphatic rings. The summed E-state index contributed by atoms with van der Waals surface area (Å²) >= 11 is 0. The highest BCUT2D eigenvalue weighted by molar-refractivity contribution is 7.51. The molecular formula is C22H39O3P. The lowest BCUT2D eigenvalue weighted by Gasteiger charge is -2.12. The van der Waals surface area contributed by atoms with Crippen molar-refractivity contribution in [2.75, 3.05) is 6.61 Å². The highest BCUT2D eigenvalue weighted by Gasteiger charge is 2.19. The van der Waals surface area contributed by atoms with Gasteiger partial charge in [-0.1, -0.05) is 114 Å². The van der Waals surface area contributed by atoms with Crippen molar-refractivity contribution in [1.82, 2.24) is 0 Å². The van der Waals surface area contributed by atoms with Gasteiger partial charge in [0, 0.05) is 0 Å². The number of hydrogen-bond donors (Lipinski definition) is 1. The maximum Gasteiger partial charge on any atom is 0.332 e. The molecular weight excluding hydrogens is 343 g/mol. The van der Waals surface area contributed by atoms with Gasteiger partial charge in [0.15, 0.2) is 0 Å². The molecule has 0 aliphatic heterocycles. The van der Waals surface area contributed by atoms with E-state index in [0.717, 1.165) is 18.4 Å². The highest BCUT2D eigenvalue weighted by Crippen LogP contribution is 2.45. The average Bonchev–Trinajstić information content (AvgIpc) is 2.62. The molecule has 0 aliphatic carbocycles. The minimum absolute atomic E-state index is 0.103. The van der Waals surface area contributed by atoms with Crippen LogP contribution in [0.2, 0.25) is 0 Å². The Balaban J connectivity index is 1.88. The molecule has 0 bridgehead atoms. The van der Waals surface area contributed by atoms with Gasteiger partial charge in [-0.2, -0.15) is 0 Å². The third-order valence-electron chi connectivity index (χ3n) is 4.77. The molecule has 0 saturated carbocycles. The lowest BCUT2D eigenvalue weighted by atomic mass is 10.0. The van der Waals surface area contributed by atoms with Gasteiger partial charge in [0.2, 0.25) is 0 Å². The Hall–Kier alpha value is -0.630. The van der Waals surface area contributed by atoms with Gasteiger partial charge in [-0.25, -0.2) is 0 Å². The number of hydrogen-bond acceptors (Lipinski definition) is 2. The highest BCUT2D eigenvalue weighted by atomic mass is 31.2. The second-order valence-corrected chi connectivity index (χ2v) is 9.21. The van der Waals surface area contributed by atoms with Gasteiger partial charge in [-0.3, -0.25) is 4.57 Å². The molecule has 0 aromatic heterocycles. The van der Waals surface area contributed by atoms with Crippen LogP contribution in [0.1, 0.15) is 96.0 Å². The van der Waals surface area contributed by atoms with E-state index in [4.69, 9.17) is 4.52 Å². The van der Waals surface area contributed by atoms with Crippen molar-refractivity contribution in [2.45, 2.75) is 96.6 Å². The van der Waals surface area contributed by atoms with Crippen LogP contribution in [0.4, 0.5) is 0 Å². The predicted octanol–water partition coefficient (Wildman–Crippen LogP) is 7.48. The minimum atomic E-state index is -3.50. The first kappa shape index (κ1) is 23.4. The molecule has 1 aromatic carbocycles. The zero-order valence-electron chi connectivity index (χ0n) is 16.7. The fourth-order valence-corrected chi connectivity index (χ4v) is 4.36. The normalized spacial score (nSPS) is 13.6. The fraction of sp³-hybridized carbons (Fsp3) is 0.727. The Labute approximate surface area is 161 Å². The van der Waals surface area contributed by atoms with E-state index in [-0.39, 0.29) is 6.16 Å². The van der Waals surface area contributed by atoms with Gasteiger partial charge in [0.25, 0.3) is 0 Å². The fourth-order valence-electron chi connectivity index (χ4n) is 3.19. The molecule has 1 unspecified atom stereocenters. The maximum absolute atomic E-state index is 12.0. The van der Waals surface area contributed by atoms with Crippen molar-refractivity contribution in [3.05, 3.63) is 35.9 Å². The first-order chi connectivity index (χ1) is 12.6. The van der Waals surface area contributed by atoms with Gasteiger partial charge < -0.3 is 9.42 Å². The van der Waals surface area contributed by atoms with E-state index in [1.54, 1.807) is 0 Å². The molecule has 150 valence electrons. The summed E-state index contributed by atoms with van der Waals surface area (Å²) in [6.45, 7) is 2.65. The SMILES string of the molecule is CCCCCCCCCCCCCCCOP(=O)(O)Cc1ccccc1. The van der Waals surface area contributed by atoms with E-state index in [0.29, 0.717) is 6.61 Å². The van der Waals surface area contributed by atoms with Crippen LogP contribution in [0.3, 0.4) is 0 Å². The summed E-state index contributed by atoms with van der Waals surface area (Å²) in [7, 11) is -3.50. The summed E-state index contributed by atoms with van der Waals surface area (Å²) in [6, 6.07) is 9.37. The number of rotatable bonds is 17. The molecule has 1 atom stereocenters. The molecule has 1 rings (SSSR count). The number of unbranched alkanes of at least 4 members (excludes halogenated alkanes) is 12. The molecule has 0 heterocycles. The van der Waals surface area contributed by atoms with Crippen LogP contribution in [0, 0.1) is 0 Å². The molecule has 1 aromatic rings. The molecule has 0 radical (unpaired) electrons. The molecule has 0 saturated heterocycles. The summed E-state index contributed by atoms with van der Waals surface area (Å²) in [5.41, 5.74) is 0.851. The van der Waals surface area contributed by atoms with Crippen molar-refractivity contribution in [2.24, 2.45) is 0 Å². The third kappa shape index (κ3) is 13.6. The van der Waals surface area contributed by atoms with Crippen LogP contribution in [-0.4, -0.2) is 11.5 Å². The largest absolute Gasteiger partial charge is 0.332 e. The maximum atomic E-state index is 12.0. The molecule has 4 heteroatoms. The van der Waals surface area contributed by atoms with Crippen molar-refractivity contribution < 1.29 is 14.0 Å². The summed E-state index contributed by atoms with van der Waals surface area (Å²) < 4.78 is 17.3. The Morgan fingerprint density at radius 3 is 1.73 bits per heavy atom. The van der Waals surface area contributed by atoms with Crippen molar-refractivity contribution in [3.8, 4) is 0 Å². The van der Waals surface area contributed by atoms with Crippen LogP contribution in [0.25, 0.3) is 0 Å². The second kappa shape index (κ2) is 15.4. The van der Waals surface area contributed by atoms with Crippen molar-refractivity contribution >= 4 is 7.60 Å². The van der Waals surface area contributed by atoms with Crippen LogP contribution < -0.4 is 0 Å². The van der Waals surface area contributed by atoms with Crippen molar-refractivity contribution in [1.29, 1.82) is 0 Å². The van der Waals surface area contributed by atoms with E-state index in [9.17, 15) is 9.46 Å². The zero-order chi connectivity index (χ0) is 18.9. The Morgan fingerprint density at radius 1 is 0.769 bits per heavy atom. The van der Waals surface area contributed by atoms with E-state index in [2.05, 4.69) is 6.92 Å². The predicted molar refractivity (Wildman–Crippen MR) is 112 cm³/mol. The summed E-state index contributed by atoms with van der Waals surface area (Å²) in [6.07, 6.45) is 16.9. The molecule has 0 fully saturated rings. The third-order valence-corrected chi connectivity index (χ3v) is 6.12. The molecule has 26 heavy (non-hydrogen) atoms. The number of benzene rings is 1. The van der Waals surface area contributed by atoms with Crippen LogP contribution in [-0.2, 0) is 15.3 Å². The second-order valence-electron chi connectivity index (χ2n) is 7.36. The van der Waals surface area contributed by atoms with Gasteiger partial charge in [0.1, 0.15) is 0 Å². The Morgan fingerprint density at radius 2 is 1.23 bits per heavy atom. The standard InChI is InChI=1S/C22H39O3P/c1-2-3-4-5-6-7-8-9-10-11-12-13-17-20-25-26(23,24)21-22-18-15-14-16-19-22/h14-16,18-19H,2-13,17,20-21H2,1H3,(H,23,24). The summed E-state index contributed by atoms with van der Waals surface area (Å²) in [5, 5.41) is 0. The minimum Gasteiger partial charge on any atom is -0.324 e. The Kier molecular flexibility index (Phi) is 13.9. The summed E-state index contributed by atoms with van der Waals surface area (Å²) in [4.78, 5) is 9.89. The van der Waals surface area contributed by atoms with E-state index >= 15 is 0 Å². The van der Waals surface area contributed by atoms with Gasteiger partial charge in [-0.05, 0) is 12.0 Å². The van der Waals surface area contributed by atoms with Crippen molar-refractivity contribution in [3.63, 3.8) is 0 Å². The quantitative estimate of drug-likeness (QED) is 0.224. The van der Waals surface area contributed by atoms with Crippen LogP contribution in [0.15, 0.2) is 30.3 Å². The van der Waals surface area contributed by atoms with E-state index in [1.807, 2.05) is 30.3 Å². The summed E-state index contributed by atoms with van der Waals surface area (Å²) in [5.74, 6) is 0. The van der Waals surface area contributed by atoms with Gasteiger partial charge >= 0.3 is 7.60 Å². The smallest absolute Gasteiger partial charge is 0.324 e. The Bertz CT molecular complexity index is 476. The molecule has 0 amide bonds. The lowest BCUT2D eigenvalue weighted by molar-refractivity contribution is 0.251. The first-order valence-electron chi connectivity index (χ1n) is 10.6. The monoisotopic (exact) mass is 382 g/mol. The van der Waals surface area contributed by atoms with E-state index < -0.39 is 7.60 Å². The van der Waals surface area contributed by atoms with Crippen LogP contribution >= 0.6 is 7.60 Å². The van der Waals surface area contributed by atoms with Gasteiger partial charge in [0.05, 0.1) is 12.8 Å². The first-order valence-corrected chi connectivity index (χ1v) is 12.4. The van der Waals surface area contributed by atoms with Gasteiger partial charge in [-0.15, -0.1) is 0 Å². The molecule has 0 spiro atoms. The average molecular weight is 383 g/mol. The molecule has 3 nitrogen and oxygen atoms in total. The van der Waals surface area contributed by atoms with Crippen LogP contribution in [0.5, 0.6) is 0 Å². The lowest BCUT2D eigenvalue weighted by Crippen LogP contribution is -1.96. The topological polar surface area (TPSA) is 46.5 Å². The van der Waals surface area contributed by atoms with E-state index in [1.165, 1.54) is 70.6 Å². The zero-order valence-corrected chi connectivity index (χ0v) is 17.6.